The normalized spacial score (nSPS) is 17.3. The molecule has 0 aliphatic carbocycles. The number of hydrogen-bond donors (Lipinski definition) is 0. The number of likely N-dealkylation sites (N-methyl/N-ethyl adjacent to an activating group) is 1. The van der Waals surface area contributed by atoms with Gasteiger partial charge in [-0.05, 0) is 24.6 Å². The van der Waals surface area contributed by atoms with E-state index in [0.717, 1.165) is 30.8 Å². The van der Waals surface area contributed by atoms with Crippen molar-refractivity contribution in [2.75, 3.05) is 20.3 Å². The summed E-state index contributed by atoms with van der Waals surface area (Å²) in [6.07, 6.45) is 1.05. The topological polar surface area (TPSA) is 51.4 Å². The van der Waals surface area contributed by atoms with Crippen molar-refractivity contribution in [2.45, 2.75) is 24.9 Å². The van der Waals surface area contributed by atoms with Crippen LogP contribution < -0.4 is 0 Å². The van der Waals surface area contributed by atoms with Gasteiger partial charge in [-0.3, -0.25) is 4.90 Å². The highest BCUT2D eigenvalue weighted by atomic mass is 16.5. The monoisotopic (exact) mass is 349 g/mol. The quantitative estimate of drug-likeness (QED) is 0.682. The smallest absolute Gasteiger partial charge is 0.240 e. The van der Waals surface area contributed by atoms with Crippen LogP contribution in [0.5, 0.6) is 0 Å². The van der Waals surface area contributed by atoms with Crippen LogP contribution in [0.25, 0.3) is 0 Å². The van der Waals surface area contributed by atoms with Gasteiger partial charge in [0, 0.05) is 12.6 Å². The van der Waals surface area contributed by atoms with Gasteiger partial charge in [0.2, 0.25) is 5.89 Å². The SMILES string of the molecule is CN(Cc1nc(C(c2ccccc2)c2ccccc2)no1)[C@H]1CCOC1. The zero-order chi connectivity index (χ0) is 17.8. The van der Waals surface area contributed by atoms with Crippen LogP contribution in [0.2, 0.25) is 0 Å². The predicted molar refractivity (Wildman–Crippen MR) is 98.8 cm³/mol. The van der Waals surface area contributed by atoms with Crippen molar-refractivity contribution in [2.24, 2.45) is 0 Å². The largest absolute Gasteiger partial charge is 0.380 e. The lowest BCUT2D eigenvalue weighted by Crippen LogP contribution is -2.31. The Labute approximate surface area is 153 Å². The third-order valence-corrected chi connectivity index (χ3v) is 4.92. The minimum atomic E-state index is -0.0324. The van der Waals surface area contributed by atoms with Gasteiger partial charge in [0.05, 0.1) is 19.1 Å². The molecule has 1 aliphatic heterocycles. The van der Waals surface area contributed by atoms with Gasteiger partial charge in [0.1, 0.15) is 0 Å². The zero-order valence-corrected chi connectivity index (χ0v) is 14.9. The first kappa shape index (κ1) is 16.9. The zero-order valence-electron chi connectivity index (χ0n) is 14.9. The van der Waals surface area contributed by atoms with E-state index in [0.29, 0.717) is 24.3 Å². The molecule has 1 atom stereocenters. The summed E-state index contributed by atoms with van der Waals surface area (Å²) in [5.74, 6) is 1.31. The average molecular weight is 349 g/mol. The first-order valence-electron chi connectivity index (χ1n) is 9.01. The van der Waals surface area contributed by atoms with Crippen LogP contribution in [0.15, 0.2) is 65.2 Å². The Kier molecular flexibility index (Phi) is 5.09. The molecule has 2 heterocycles. The van der Waals surface area contributed by atoms with Crippen molar-refractivity contribution in [1.82, 2.24) is 15.0 Å². The van der Waals surface area contributed by atoms with E-state index in [1.165, 1.54) is 0 Å². The van der Waals surface area contributed by atoms with Crippen molar-refractivity contribution in [1.29, 1.82) is 0 Å². The van der Waals surface area contributed by atoms with Crippen molar-refractivity contribution in [3.63, 3.8) is 0 Å². The molecule has 0 saturated carbocycles. The van der Waals surface area contributed by atoms with Gasteiger partial charge in [-0.25, -0.2) is 0 Å². The third kappa shape index (κ3) is 3.69. The summed E-state index contributed by atoms with van der Waals surface area (Å²) in [6, 6.07) is 21.1. The fourth-order valence-corrected chi connectivity index (χ4v) is 3.44. The molecule has 1 fully saturated rings. The predicted octanol–water partition coefficient (Wildman–Crippen LogP) is 3.47. The number of hydrogen-bond acceptors (Lipinski definition) is 5. The van der Waals surface area contributed by atoms with Crippen LogP contribution >= 0.6 is 0 Å². The van der Waals surface area contributed by atoms with Crippen LogP contribution in [0.4, 0.5) is 0 Å². The van der Waals surface area contributed by atoms with Gasteiger partial charge in [-0.15, -0.1) is 0 Å². The molecular weight excluding hydrogens is 326 g/mol. The van der Waals surface area contributed by atoms with Crippen molar-refractivity contribution < 1.29 is 9.26 Å². The summed E-state index contributed by atoms with van der Waals surface area (Å²) in [4.78, 5) is 6.94. The lowest BCUT2D eigenvalue weighted by molar-refractivity contribution is 0.148. The second-order valence-electron chi connectivity index (χ2n) is 6.73. The second kappa shape index (κ2) is 7.81. The number of benzene rings is 2. The van der Waals surface area contributed by atoms with Gasteiger partial charge in [-0.1, -0.05) is 65.8 Å². The molecule has 0 N–H and O–H groups in total. The van der Waals surface area contributed by atoms with E-state index in [1.807, 2.05) is 36.4 Å². The summed E-state index contributed by atoms with van der Waals surface area (Å²) < 4.78 is 11.0. The molecule has 5 heteroatoms. The van der Waals surface area contributed by atoms with E-state index >= 15 is 0 Å². The molecule has 2 aromatic carbocycles. The molecule has 0 bridgehead atoms. The second-order valence-corrected chi connectivity index (χ2v) is 6.73. The Balaban J connectivity index is 1.60. The molecule has 0 spiro atoms. The maximum Gasteiger partial charge on any atom is 0.240 e. The maximum absolute atomic E-state index is 5.58. The number of rotatable bonds is 6. The summed E-state index contributed by atoms with van der Waals surface area (Å²) in [5, 5.41) is 4.30. The van der Waals surface area contributed by atoms with Gasteiger partial charge in [-0.2, -0.15) is 4.98 Å². The number of nitrogens with zero attached hydrogens (tertiary/aromatic N) is 3. The Morgan fingerprint density at radius 3 is 2.27 bits per heavy atom. The minimum absolute atomic E-state index is 0.0324. The van der Waals surface area contributed by atoms with Crippen LogP contribution in [0.1, 0.15) is 35.2 Å². The van der Waals surface area contributed by atoms with Crippen LogP contribution in [-0.2, 0) is 11.3 Å². The van der Waals surface area contributed by atoms with Gasteiger partial charge >= 0.3 is 0 Å². The molecule has 4 rings (SSSR count). The highest BCUT2D eigenvalue weighted by molar-refractivity contribution is 5.37. The highest BCUT2D eigenvalue weighted by Gasteiger charge is 2.25. The molecule has 0 radical (unpaired) electrons. The van der Waals surface area contributed by atoms with E-state index in [-0.39, 0.29) is 5.92 Å². The standard InChI is InChI=1S/C21H23N3O2/c1-24(18-12-13-25-15-18)14-19-22-21(23-26-19)20(16-8-4-2-5-9-16)17-10-6-3-7-11-17/h2-11,18,20H,12-15H2,1H3/t18-/m0/s1. The van der Waals surface area contributed by atoms with E-state index in [4.69, 9.17) is 14.2 Å². The fraction of sp³-hybridized carbons (Fsp3) is 0.333. The molecule has 1 aromatic heterocycles. The summed E-state index contributed by atoms with van der Waals surface area (Å²) in [5.41, 5.74) is 2.31. The van der Waals surface area contributed by atoms with Crippen molar-refractivity contribution in [3.8, 4) is 0 Å². The van der Waals surface area contributed by atoms with Crippen LogP contribution in [0.3, 0.4) is 0 Å². The van der Waals surface area contributed by atoms with Crippen LogP contribution in [-0.4, -0.2) is 41.3 Å². The molecular formula is C21H23N3O2. The van der Waals surface area contributed by atoms with Gasteiger partial charge < -0.3 is 9.26 Å². The first-order valence-corrected chi connectivity index (χ1v) is 9.01. The average Bonchev–Trinajstić information content (AvgIpc) is 3.36. The lowest BCUT2D eigenvalue weighted by Gasteiger charge is -2.20. The molecule has 134 valence electrons. The summed E-state index contributed by atoms with van der Waals surface area (Å²) in [7, 11) is 2.08. The Morgan fingerprint density at radius 2 is 1.69 bits per heavy atom. The molecule has 1 saturated heterocycles. The highest BCUT2D eigenvalue weighted by Crippen LogP contribution is 2.30. The van der Waals surface area contributed by atoms with E-state index in [1.54, 1.807) is 0 Å². The van der Waals surface area contributed by atoms with E-state index in [9.17, 15) is 0 Å². The molecule has 1 aliphatic rings. The van der Waals surface area contributed by atoms with E-state index in [2.05, 4.69) is 41.4 Å². The Bertz CT molecular complexity index is 774. The van der Waals surface area contributed by atoms with Crippen molar-refractivity contribution >= 4 is 0 Å². The molecule has 3 aromatic rings. The van der Waals surface area contributed by atoms with E-state index < -0.39 is 0 Å². The van der Waals surface area contributed by atoms with Gasteiger partial charge in [0.15, 0.2) is 5.82 Å². The van der Waals surface area contributed by atoms with Crippen LogP contribution in [0, 0.1) is 0 Å². The number of aromatic nitrogens is 2. The fourth-order valence-electron chi connectivity index (χ4n) is 3.44. The first-order chi connectivity index (χ1) is 12.8. The Morgan fingerprint density at radius 1 is 1.04 bits per heavy atom. The minimum Gasteiger partial charge on any atom is -0.380 e. The third-order valence-electron chi connectivity index (χ3n) is 4.92. The summed E-state index contributed by atoms with van der Waals surface area (Å²) >= 11 is 0. The molecule has 26 heavy (non-hydrogen) atoms. The maximum atomic E-state index is 5.58. The van der Waals surface area contributed by atoms with Gasteiger partial charge in [0.25, 0.3) is 0 Å². The molecule has 0 unspecified atom stereocenters. The van der Waals surface area contributed by atoms with Crippen molar-refractivity contribution in [3.05, 3.63) is 83.5 Å². The molecule has 0 amide bonds. The summed E-state index contributed by atoms with van der Waals surface area (Å²) in [6.45, 7) is 2.24. The Hall–Kier alpha value is -2.50. The molecule has 5 nitrogen and oxygen atoms in total. The lowest BCUT2D eigenvalue weighted by atomic mass is 9.91. The number of ether oxygens (including phenoxy) is 1.